The third-order valence-corrected chi connectivity index (χ3v) is 2.69. The van der Waals surface area contributed by atoms with Crippen LogP contribution in [0.5, 0.6) is 0 Å². The first kappa shape index (κ1) is 10.3. The molecule has 0 spiro atoms. The number of nitrogens with zero attached hydrogens (tertiary/aromatic N) is 1. The standard InChI is InChI=1S/C10H8BrNO3/c1-15-5-12-8-4-6(11)2-3-7(8)9(13)10(12)14/h2-4H,5H2,1H3. The molecule has 0 fully saturated rings. The van der Waals surface area contributed by atoms with E-state index in [-0.39, 0.29) is 6.73 Å². The molecule has 1 aliphatic rings. The number of carbonyl (C=O) groups is 2. The van der Waals surface area contributed by atoms with Crippen LogP contribution in [0.2, 0.25) is 0 Å². The van der Waals surface area contributed by atoms with Gasteiger partial charge in [-0.3, -0.25) is 14.5 Å². The number of rotatable bonds is 2. The molecule has 0 bridgehead atoms. The molecule has 0 radical (unpaired) electrons. The average molecular weight is 270 g/mol. The molecule has 1 aromatic carbocycles. The maximum absolute atomic E-state index is 11.5. The molecule has 15 heavy (non-hydrogen) atoms. The number of ketones is 1. The van der Waals surface area contributed by atoms with E-state index >= 15 is 0 Å². The van der Waals surface area contributed by atoms with Crippen LogP contribution in [-0.4, -0.2) is 25.5 Å². The molecule has 0 saturated carbocycles. The molecule has 78 valence electrons. The number of Topliss-reactive ketones (excluding diaryl/α,β-unsaturated/α-hetero) is 1. The highest BCUT2D eigenvalue weighted by atomic mass is 79.9. The van der Waals surface area contributed by atoms with Crippen LogP contribution in [0.4, 0.5) is 5.69 Å². The van der Waals surface area contributed by atoms with Gasteiger partial charge in [0.1, 0.15) is 6.73 Å². The molecule has 0 atom stereocenters. The van der Waals surface area contributed by atoms with Gasteiger partial charge in [0.2, 0.25) is 0 Å². The van der Waals surface area contributed by atoms with Gasteiger partial charge in [-0.1, -0.05) is 15.9 Å². The second-order valence-corrected chi connectivity index (χ2v) is 4.06. The number of fused-ring (bicyclic) bond motifs is 1. The number of benzene rings is 1. The zero-order valence-corrected chi connectivity index (χ0v) is 9.58. The first-order chi connectivity index (χ1) is 7.15. The summed E-state index contributed by atoms with van der Waals surface area (Å²) in [5.41, 5.74) is 1.03. The third-order valence-electron chi connectivity index (χ3n) is 2.19. The lowest BCUT2D eigenvalue weighted by Gasteiger charge is -2.14. The molecule has 0 unspecified atom stereocenters. The van der Waals surface area contributed by atoms with Gasteiger partial charge in [-0.25, -0.2) is 0 Å². The molecular weight excluding hydrogens is 262 g/mol. The number of carbonyl (C=O) groups excluding carboxylic acids is 2. The molecule has 1 heterocycles. The molecular formula is C10H8BrNO3. The largest absolute Gasteiger partial charge is 0.364 e. The third kappa shape index (κ3) is 1.57. The molecule has 1 amide bonds. The van der Waals surface area contributed by atoms with Crippen LogP contribution in [0.25, 0.3) is 0 Å². The summed E-state index contributed by atoms with van der Waals surface area (Å²) in [4.78, 5) is 24.4. The number of amides is 1. The lowest BCUT2D eigenvalue weighted by Crippen LogP contribution is -2.31. The summed E-state index contributed by atoms with van der Waals surface area (Å²) in [6.45, 7) is 0.0913. The zero-order valence-electron chi connectivity index (χ0n) is 7.99. The summed E-state index contributed by atoms with van der Waals surface area (Å²) in [6, 6.07) is 5.10. The Morgan fingerprint density at radius 1 is 1.40 bits per heavy atom. The number of halogens is 1. The molecule has 0 N–H and O–H groups in total. The SMILES string of the molecule is COCN1C(=O)C(=O)c2ccc(Br)cc21. The van der Waals surface area contributed by atoms with E-state index in [4.69, 9.17) is 4.74 Å². The summed E-state index contributed by atoms with van der Waals surface area (Å²) in [7, 11) is 1.48. The van der Waals surface area contributed by atoms with E-state index in [1.807, 2.05) is 0 Å². The summed E-state index contributed by atoms with van der Waals surface area (Å²) in [5.74, 6) is -1.01. The Morgan fingerprint density at radius 3 is 2.80 bits per heavy atom. The minimum atomic E-state index is -0.537. The van der Waals surface area contributed by atoms with E-state index in [1.165, 1.54) is 12.0 Å². The van der Waals surface area contributed by atoms with Crippen molar-refractivity contribution in [3.8, 4) is 0 Å². The highest BCUT2D eigenvalue weighted by molar-refractivity contribution is 9.10. The van der Waals surface area contributed by atoms with Crippen LogP contribution in [0.3, 0.4) is 0 Å². The van der Waals surface area contributed by atoms with Crippen LogP contribution in [-0.2, 0) is 9.53 Å². The molecule has 5 heteroatoms. The summed E-state index contributed by atoms with van der Waals surface area (Å²) in [6.07, 6.45) is 0. The Bertz CT molecular complexity index is 444. The van der Waals surface area contributed by atoms with Gasteiger partial charge in [0, 0.05) is 11.6 Å². The van der Waals surface area contributed by atoms with Crippen molar-refractivity contribution in [2.75, 3.05) is 18.7 Å². The van der Waals surface area contributed by atoms with Crippen molar-refractivity contribution in [2.45, 2.75) is 0 Å². The van der Waals surface area contributed by atoms with Crippen molar-refractivity contribution in [2.24, 2.45) is 0 Å². The number of hydrogen-bond donors (Lipinski definition) is 0. The minimum absolute atomic E-state index is 0.0913. The first-order valence-electron chi connectivity index (χ1n) is 4.30. The molecule has 1 aromatic rings. The molecule has 4 nitrogen and oxygen atoms in total. The second kappa shape index (κ2) is 3.75. The molecule has 0 aliphatic carbocycles. The average Bonchev–Trinajstić information content (AvgIpc) is 2.44. The van der Waals surface area contributed by atoms with Crippen LogP contribution in [0, 0.1) is 0 Å². The Hall–Kier alpha value is -1.20. The molecule has 1 aliphatic heterocycles. The Balaban J connectivity index is 2.51. The highest BCUT2D eigenvalue weighted by Gasteiger charge is 2.35. The zero-order chi connectivity index (χ0) is 11.0. The van der Waals surface area contributed by atoms with E-state index in [9.17, 15) is 9.59 Å². The van der Waals surface area contributed by atoms with E-state index in [0.717, 1.165) is 4.47 Å². The van der Waals surface area contributed by atoms with Crippen molar-refractivity contribution in [3.63, 3.8) is 0 Å². The predicted molar refractivity (Wildman–Crippen MR) is 57.8 cm³/mol. The lowest BCUT2D eigenvalue weighted by atomic mass is 10.1. The topological polar surface area (TPSA) is 46.6 Å². The van der Waals surface area contributed by atoms with E-state index < -0.39 is 11.7 Å². The lowest BCUT2D eigenvalue weighted by molar-refractivity contribution is -0.115. The van der Waals surface area contributed by atoms with Crippen molar-refractivity contribution >= 4 is 33.3 Å². The monoisotopic (exact) mass is 269 g/mol. The fourth-order valence-electron chi connectivity index (χ4n) is 1.52. The number of hydrogen-bond acceptors (Lipinski definition) is 3. The summed E-state index contributed by atoms with van der Waals surface area (Å²) in [5, 5.41) is 0. The molecule has 0 aromatic heterocycles. The van der Waals surface area contributed by atoms with Crippen LogP contribution in [0.15, 0.2) is 22.7 Å². The number of methoxy groups -OCH3 is 1. The van der Waals surface area contributed by atoms with Crippen molar-refractivity contribution < 1.29 is 14.3 Å². The van der Waals surface area contributed by atoms with Crippen LogP contribution in [0.1, 0.15) is 10.4 Å². The van der Waals surface area contributed by atoms with Gasteiger partial charge in [-0.15, -0.1) is 0 Å². The van der Waals surface area contributed by atoms with Crippen LogP contribution >= 0.6 is 15.9 Å². The van der Waals surface area contributed by atoms with Gasteiger partial charge in [0.25, 0.3) is 5.78 Å². The predicted octanol–water partition coefficient (Wildman–Crippen LogP) is 1.58. The van der Waals surface area contributed by atoms with Gasteiger partial charge in [0.15, 0.2) is 0 Å². The van der Waals surface area contributed by atoms with Gasteiger partial charge in [0.05, 0.1) is 11.3 Å². The normalized spacial score (nSPS) is 14.7. The van der Waals surface area contributed by atoms with Crippen molar-refractivity contribution in [3.05, 3.63) is 28.2 Å². The maximum atomic E-state index is 11.5. The highest BCUT2D eigenvalue weighted by Crippen LogP contribution is 2.31. The maximum Gasteiger partial charge on any atom is 0.301 e. The minimum Gasteiger partial charge on any atom is -0.364 e. The fourth-order valence-corrected chi connectivity index (χ4v) is 1.87. The van der Waals surface area contributed by atoms with E-state index in [1.54, 1.807) is 18.2 Å². The van der Waals surface area contributed by atoms with Crippen molar-refractivity contribution in [1.82, 2.24) is 0 Å². The molecule has 2 rings (SSSR count). The number of anilines is 1. The quantitative estimate of drug-likeness (QED) is 0.766. The Labute approximate surface area is 94.9 Å². The van der Waals surface area contributed by atoms with Gasteiger partial charge < -0.3 is 4.74 Å². The second-order valence-electron chi connectivity index (χ2n) is 3.14. The van der Waals surface area contributed by atoms with Crippen molar-refractivity contribution in [1.29, 1.82) is 0 Å². The van der Waals surface area contributed by atoms with Gasteiger partial charge >= 0.3 is 5.91 Å². The summed E-state index contributed by atoms with van der Waals surface area (Å²) >= 11 is 3.29. The Kier molecular flexibility index (Phi) is 2.58. The van der Waals surface area contributed by atoms with Gasteiger partial charge in [-0.2, -0.15) is 0 Å². The Morgan fingerprint density at radius 2 is 2.13 bits per heavy atom. The van der Waals surface area contributed by atoms with Crippen LogP contribution < -0.4 is 4.90 Å². The molecule has 0 saturated heterocycles. The number of ether oxygens (including phenoxy) is 1. The summed E-state index contributed by atoms with van der Waals surface area (Å²) < 4.78 is 5.70. The van der Waals surface area contributed by atoms with E-state index in [0.29, 0.717) is 11.3 Å². The first-order valence-corrected chi connectivity index (χ1v) is 5.09. The smallest absolute Gasteiger partial charge is 0.301 e. The fraction of sp³-hybridized carbons (Fsp3) is 0.200. The van der Waals surface area contributed by atoms with E-state index in [2.05, 4.69) is 15.9 Å². The van der Waals surface area contributed by atoms with Gasteiger partial charge in [-0.05, 0) is 18.2 Å².